The van der Waals surface area contributed by atoms with Gasteiger partial charge < -0.3 is 20.4 Å². The van der Waals surface area contributed by atoms with Crippen LogP contribution in [0.1, 0.15) is 46.4 Å². The second-order valence-corrected chi connectivity index (χ2v) is 6.67. The van der Waals surface area contributed by atoms with Gasteiger partial charge in [-0.15, -0.1) is 0 Å². The van der Waals surface area contributed by atoms with E-state index in [2.05, 4.69) is 18.2 Å². The Morgan fingerprint density at radius 1 is 0.923 bits per heavy atom. The van der Waals surface area contributed by atoms with Crippen LogP contribution in [0.2, 0.25) is 0 Å². The Hall–Kier alpha value is -2.50. The normalized spacial score (nSPS) is 18.5. The molecule has 0 saturated carbocycles. The molecule has 4 N–H and O–H groups in total. The molecule has 0 spiro atoms. The molecular formula is C22H20O4. The molecule has 0 heterocycles. The van der Waals surface area contributed by atoms with Crippen molar-refractivity contribution >= 4 is 17.2 Å². The van der Waals surface area contributed by atoms with Crippen molar-refractivity contribution in [3.8, 4) is 0 Å². The number of hydrogen-bond donors (Lipinski definition) is 4. The lowest BCUT2D eigenvalue weighted by Crippen LogP contribution is -2.14. The third-order valence-corrected chi connectivity index (χ3v) is 5.01. The molecule has 1 unspecified atom stereocenters. The van der Waals surface area contributed by atoms with Gasteiger partial charge in [0.15, 0.2) is 12.6 Å². The highest BCUT2D eigenvalue weighted by atomic mass is 16.5. The van der Waals surface area contributed by atoms with Crippen LogP contribution in [0.15, 0.2) is 60.7 Å². The van der Waals surface area contributed by atoms with E-state index in [1.807, 2.05) is 36.4 Å². The van der Waals surface area contributed by atoms with Crippen LogP contribution in [0.3, 0.4) is 0 Å². The van der Waals surface area contributed by atoms with Crippen LogP contribution >= 0.6 is 0 Å². The van der Waals surface area contributed by atoms with E-state index in [-0.39, 0.29) is 5.92 Å². The fraction of sp³-hybridized carbons (Fsp3) is 0.182. The minimum absolute atomic E-state index is 0.365. The molecule has 0 aliphatic heterocycles. The lowest BCUT2D eigenvalue weighted by Gasteiger charge is -2.13. The molecule has 1 atom stereocenters. The summed E-state index contributed by atoms with van der Waals surface area (Å²) in [4.78, 5) is 0. The molecule has 2 aromatic rings. The quantitative estimate of drug-likeness (QED) is 0.641. The van der Waals surface area contributed by atoms with Gasteiger partial charge in [0.25, 0.3) is 0 Å². The summed E-state index contributed by atoms with van der Waals surface area (Å²) in [5, 5.41) is 37.6. The number of benzene rings is 2. The second kappa shape index (κ2) is 6.67. The summed E-state index contributed by atoms with van der Waals surface area (Å²) in [6.45, 7) is 0. The summed E-state index contributed by atoms with van der Waals surface area (Å²) in [5.41, 5.74) is 6.71. The van der Waals surface area contributed by atoms with Crippen LogP contribution in [-0.4, -0.2) is 26.7 Å². The maximum atomic E-state index is 9.45. The van der Waals surface area contributed by atoms with Crippen LogP contribution in [0.5, 0.6) is 0 Å². The average molecular weight is 348 g/mol. The van der Waals surface area contributed by atoms with Crippen LogP contribution in [0.4, 0.5) is 0 Å². The maximum Gasteiger partial charge on any atom is 0.178 e. The first-order valence-electron chi connectivity index (χ1n) is 8.59. The summed E-state index contributed by atoms with van der Waals surface area (Å²) >= 11 is 0. The Morgan fingerprint density at radius 2 is 1.77 bits per heavy atom. The summed E-state index contributed by atoms with van der Waals surface area (Å²) in [6.07, 6.45) is 5.93. The van der Waals surface area contributed by atoms with E-state index in [9.17, 15) is 20.4 Å². The Morgan fingerprint density at radius 3 is 2.54 bits per heavy atom. The van der Waals surface area contributed by atoms with Crippen molar-refractivity contribution in [2.75, 3.05) is 0 Å². The third-order valence-electron chi connectivity index (χ3n) is 5.01. The minimum atomic E-state index is -1.47. The predicted octanol–water partition coefficient (Wildman–Crippen LogP) is 2.96. The molecule has 132 valence electrons. The number of aliphatic hydroxyl groups excluding tert-OH is 2. The van der Waals surface area contributed by atoms with Gasteiger partial charge in [-0.05, 0) is 52.0 Å². The van der Waals surface area contributed by atoms with E-state index in [1.54, 1.807) is 12.1 Å². The second-order valence-electron chi connectivity index (χ2n) is 6.67. The monoisotopic (exact) mass is 348 g/mol. The molecule has 4 heteroatoms. The smallest absolute Gasteiger partial charge is 0.178 e. The van der Waals surface area contributed by atoms with Crippen molar-refractivity contribution in [1.82, 2.24) is 0 Å². The zero-order valence-electron chi connectivity index (χ0n) is 14.1. The van der Waals surface area contributed by atoms with Gasteiger partial charge in [-0.3, -0.25) is 0 Å². The molecule has 0 radical (unpaired) electrons. The van der Waals surface area contributed by atoms with Gasteiger partial charge in [0.05, 0.1) is 5.92 Å². The van der Waals surface area contributed by atoms with Gasteiger partial charge in [0.1, 0.15) is 0 Å². The van der Waals surface area contributed by atoms with Crippen molar-refractivity contribution in [1.29, 1.82) is 0 Å². The molecule has 4 nitrogen and oxygen atoms in total. The van der Waals surface area contributed by atoms with Crippen LogP contribution < -0.4 is 0 Å². The Bertz CT molecular complexity index is 935. The lowest BCUT2D eigenvalue weighted by atomic mass is 9.96. The minimum Gasteiger partial charge on any atom is -0.367 e. The number of hydrogen-bond acceptors (Lipinski definition) is 4. The van der Waals surface area contributed by atoms with Gasteiger partial charge in [0.2, 0.25) is 0 Å². The molecule has 2 aliphatic rings. The van der Waals surface area contributed by atoms with E-state index >= 15 is 0 Å². The van der Waals surface area contributed by atoms with Crippen molar-refractivity contribution in [3.05, 3.63) is 88.5 Å². The molecule has 4 rings (SSSR count). The number of aliphatic hydroxyl groups is 4. The average Bonchev–Trinajstić information content (AvgIpc) is 3.28. The van der Waals surface area contributed by atoms with Crippen molar-refractivity contribution in [2.45, 2.75) is 24.9 Å². The number of fused-ring (bicyclic) bond motifs is 1. The largest absolute Gasteiger partial charge is 0.367 e. The molecule has 2 aliphatic carbocycles. The summed E-state index contributed by atoms with van der Waals surface area (Å²) in [5.74, 6) is -0.365. The molecule has 0 amide bonds. The van der Waals surface area contributed by atoms with E-state index in [0.29, 0.717) is 5.56 Å². The molecule has 0 bridgehead atoms. The highest BCUT2D eigenvalue weighted by molar-refractivity contribution is 5.90. The molecule has 0 fully saturated rings. The third kappa shape index (κ3) is 3.04. The van der Waals surface area contributed by atoms with E-state index in [0.717, 1.165) is 39.8 Å². The zero-order valence-corrected chi connectivity index (χ0v) is 14.1. The first-order chi connectivity index (χ1) is 12.5. The summed E-state index contributed by atoms with van der Waals surface area (Å²) < 4.78 is 0. The molecule has 26 heavy (non-hydrogen) atoms. The zero-order chi connectivity index (χ0) is 18.3. The highest BCUT2D eigenvalue weighted by Crippen LogP contribution is 2.37. The van der Waals surface area contributed by atoms with Gasteiger partial charge >= 0.3 is 0 Å². The van der Waals surface area contributed by atoms with Crippen LogP contribution in [0, 0.1) is 0 Å². The lowest BCUT2D eigenvalue weighted by molar-refractivity contribution is -0.0490. The molecule has 0 saturated heterocycles. The molecular weight excluding hydrogens is 328 g/mol. The number of allylic oxidation sites excluding steroid dienone is 4. The van der Waals surface area contributed by atoms with Gasteiger partial charge in [-0.2, -0.15) is 0 Å². The molecule has 0 aromatic heterocycles. The fourth-order valence-corrected chi connectivity index (χ4v) is 3.60. The summed E-state index contributed by atoms with van der Waals surface area (Å²) in [6, 6.07) is 13.3. The summed E-state index contributed by atoms with van der Waals surface area (Å²) in [7, 11) is 0. The van der Waals surface area contributed by atoms with E-state index < -0.39 is 12.6 Å². The van der Waals surface area contributed by atoms with Crippen LogP contribution in [-0.2, 0) is 0 Å². The number of rotatable bonds is 4. The van der Waals surface area contributed by atoms with Gasteiger partial charge in [-0.25, -0.2) is 0 Å². The Kier molecular flexibility index (Phi) is 4.34. The maximum absolute atomic E-state index is 9.45. The van der Waals surface area contributed by atoms with E-state index in [4.69, 9.17) is 0 Å². The standard InChI is InChI=1S/C22H20O4/c23-21(24)18-3-1-2-13(12-18)14-4-5-15(10-14)16-6-8-19-17(11-16)7-9-20(19)22(25)26/h1-3,5-12,20-26H,4H2. The van der Waals surface area contributed by atoms with Gasteiger partial charge in [-0.1, -0.05) is 54.6 Å². The van der Waals surface area contributed by atoms with E-state index in [1.165, 1.54) is 0 Å². The van der Waals surface area contributed by atoms with Gasteiger partial charge in [0, 0.05) is 5.56 Å². The topological polar surface area (TPSA) is 80.9 Å². The molecule has 2 aromatic carbocycles. The fourth-order valence-electron chi connectivity index (χ4n) is 3.60. The van der Waals surface area contributed by atoms with Crippen molar-refractivity contribution in [3.63, 3.8) is 0 Å². The first kappa shape index (κ1) is 16.9. The van der Waals surface area contributed by atoms with Crippen molar-refractivity contribution < 1.29 is 20.4 Å². The Labute approximate surface area is 151 Å². The highest BCUT2D eigenvalue weighted by Gasteiger charge is 2.23. The first-order valence-corrected chi connectivity index (χ1v) is 8.59. The Balaban J connectivity index is 1.61. The predicted molar refractivity (Wildman–Crippen MR) is 101 cm³/mol. The van der Waals surface area contributed by atoms with Crippen molar-refractivity contribution in [2.24, 2.45) is 0 Å². The van der Waals surface area contributed by atoms with Crippen LogP contribution in [0.25, 0.3) is 17.2 Å². The SMILES string of the molecule is OC(O)c1cccc(C2=CC(c3ccc4c(c3)C=CC4C(O)O)=CC2)c1.